The fourth-order valence-electron chi connectivity index (χ4n) is 0.872. The molecule has 0 unspecified atom stereocenters. The Morgan fingerprint density at radius 1 is 1.45 bits per heavy atom. The standard InChI is InChI=1S/C9H7FO/c1-2-8-7(6-11)4-3-5-9(8)10/h2-6H,1H2. The Balaban J connectivity index is 3.35. The van der Waals surface area contributed by atoms with E-state index in [4.69, 9.17) is 0 Å². The summed E-state index contributed by atoms with van der Waals surface area (Å²) in [5, 5.41) is 0. The van der Waals surface area contributed by atoms with Crippen molar-refractivity contribution < 1.29 is 9.18 Å². The molecule has 2 heteroatoms. The number of carbonyl (C=O) groups excluding carboxylic acids is 1. The zero-order valence-electron chi connectivity index (χ0n) is 5.88. The molecular formula is C9H7FO. The van der Waals surface area contributed by atoms with Gasteiger partial charge in [-0.05, 0) is 6.07 Å². The first-order chi connectivity index (χ1) is 5.29. The maximum absolute atomic E-state index is 12.8. The van der Waals surface area contributed by atoms with Gasteiger partial charge in [0.15, 0.2) is 6.29 Å². The van der Waals surface area contributed by atoms with E-state index in [-0.39, 0.29) is 5.56 Å². The lowest BCUT2D eigenvalue weighted by Crippen LogP contribution is -1.89. The maximum Gasteiger partial charge on any atom is 0.150 e. The third kappa shape index (κ3) is 1.34. The van der Waals surface area contributed by atoms with Crippen LogP contribution in [0.25, 0.3) is 6.08 Å². The van der Waals surface area contributed by atoms with Crippen LogP contribution in [0.2, 0.25) is 0 Å². The molecule has 0 saturated heterocycles. The predicted molar refractivity (Wildman–Crippen MR) is 41.9 cm³/mol. The van der Waals surface area contributed by atoms with Gasteiger partial charge in [-0.1, -0.05) is 24.8 Å². The SMILES string of the molecule is C=Cc1c(F)cccc1C=O. The van der Waals surface area contributed by atoms with Crippen molar-refractivity contribution in [1.82, 2.24) is 0 Å². The van der Waals surface area contributed by atoms with Crippen LogP contribution in [0, 0.1) is 5.82 Å². The van der Waals surface area contributed by atoms with Crippen molar-refractivity contribution in [3.05, 3.63) is 41.7 Å². The number of rotatable bonds is 2. The molecule has 0 aliphatic rings. The highest BCUT2D eigenvalue weighted by atomic mass is 19.1. The number of halogens is 1. The van der Waals surface area contributed by atoms with Crippen LogP contribution in [0.5, 0.6) is 0 Å². The average Bonchev–Trinajstić information content (AvgIpc) is 2.04. The summed E-state index contributed by atoms with van der Waals surface area (Å²) in [5.41, 5.74) is 0.600. The highest BCUT2D eigenvalue weighted by Crippen LogP contribution is 2.12. The highest BCUT2D eigenvalue weighted by molar-refractivity contribution is 5.81. The molecule has 0 heterocycles. The summed E-state index contributed by atoms with van der Waals surface area (Å²) >= 11 is 0. The molecule has 1 aromatic rings. The van der Waals surface area contributed by atoms with Crippen molar-refractivity contribution in [1.29, 1.82) is 0 Å². The number of hydrogen-bond acceptors (Lipinski definition) is 1. The Hall–Kier alpha value is -1.44. The summed E-state index contributed by atoms with van der Waals surface area (Å²) in [4.78, 5) is 10.3. The van der Waals surface area contributed by atoms with Gasteiger partial charge >= 0.3 is 0 Å². The van der Waals surface area contributed by atoms with Crippen LogP contribution < -0.4 is 0 Å². The topological polar surface area (TPSA) is 17.1 Å². The molecule has 0 amide bonds. The van der Waals surface area contributed by atoms with E-state index >= 15 is 0 Å². The summed E-state index contributed by atoms with van der Waals surface area (Å²) in [6.45, 7) is 3.40. The molecule has 1 aromatic carbocycles. The molecule has 0 aromatic heterocycles. The Labute approximate surface area is 64.2 Å². The van der Waals surface area contributed by atoms with Gasteiger partial charge in [0, 0.05) is 11.1 Å². The number of carbonyl (C=O) groups is 1. The van der Waals surface area contributed by atoms with E-state index in [1.807, 2.05) is 0 Å². The largest absolute Gasteiger partial charge is 0.298 e. The van der Waals surface area contributed by atoms with E-state index < -0.39 is 5.82 Å². The molecule has 11 heavy (non-hydrogen) atoms. The number of hydrogen-bond donors (Lipinski definition) is 0. The third-order valence-electron chi connectivity index (χ3n) is 1.42. The summed E-state index contributed by atoms with van der Waals surface area (Å²) in [6, 6.07) is 4.34. The first kappa shape index (κ1) is 7.66. The van der Waals surface area contributed by atoms with Gasteiger partial charge in [-0.15, -0.1) is 0 Å². The highest BCUT2D eigenvalue weighted by Gasteiger charge is 2.01. The van der Waals surface area contributed by atoms with Crippen LogP contribution in [-0.2, 0) is 0 Å². The van der Waals surface area contributed by atoms with Crippen LogP contribution in [0.1, 0.15) is 15.9 Å². The predicted octanol–water partition coefficient (Wildman–Crippen LogP) is 2.28. The van der Waals surface area contributed by atoms with E-state index in [2.05, 4.69) is 6.58 Å². The minimum absolute atomic E-state index is 0.266. The van der Waals surface area contributed by atoms with Gasteiger partial charge in [-0.2, -0.15) is 0 Å². The molecule has 0 fully saturated rings. The second kappa shape index (κ2) is 3.10. The summed E-state index contributed by atoms with van der Waals surface area (Å²) in [6.07, 6.45) is 1.94. The van der Waals surface area contributed by atoms with Gasteiger partial charge in [0.05, 0.1) is 0 Å². The van der Waals surface area contributed by atoms with Gasteiger partial charge < -0.3 is 0 Å². The minimum Gasteiger partial charge on any atom is -0.298 e. The Kier molecular flexibility index (Phi) is 2.16. The number of benzene rings is 1. The van der Waals surface area contributed by atoms with Crippen LogP contribution in [0.3, 0.4) is 0 Å². The molecule has 0 aliphatic heterocycles. The summed E-state index contributed by atoms with van der Waals surface area (Å²) < 4.78 is 12.8. The van der Waals surface area contributed by atoms with Crippen LogP contribution >= 0.6 is 0 Å². The van der Waals surface area contributed by atoms with Gasteiger partial charge in [0.2, 0.25) is 0 Å². The van der Waals surface area contributed by atoms with E-state index in [0.717, 1.165) is 0 Å². The smallest absolute Gasteiger partial charge is 0.150 e. The van der Waals surface area contributed by atoms with Gasteiger partial charge in [0.1, 0.15) is 5.82 Å². The molecule has 0 atom stereocenters. The van der Waals surface area contributed by atoms with Crippen LogP contribution in [0.15, 0.2) is 24.8 Å². The third-order valence-corrected chi connectivity index (χ3v) is 1.42. The van der Waals surface area contributed by atoms with E-state index in [9.17, 15) is 9.18 Å². The Bertz CT molecular complexity index is 292. The van der Waals surface area contributed by atoms with Crippen molar-refractivity contribution in [3.63, 3.8) is 0 Å². The molecule has 1 rings (SSSR count). The average molecular weight is 150 g/mol. The fraction of sp³-hybridized carbons (Fsp3) is 0. The Morgan fingerprint density at radius 3 is 2.64 bits per heavy atom. The molecule has 0 saturated carbocycles. The van der Waals surface area contributed by atoms with Crippen molar-refractivity contribution in [2.75, 3.05) is 0 Å². The second-order valence-electron chi connectivity index (χ2n) is 2.06. The molecular weight excluding hydrogens is 143 g/mol. The lowest BCUT2D eigenvalue weighted by Gasteiger charge is -1.97. The fourth-order valence-corrected chi connectivity index (χ4v) is 0.872. The van der Waals surface area contributed by atoms with E-state index in [1.165, 1.54) is 18.2 Å². The van der Waals surface area contributed by atoms with Crippen molar-refractivity contribution in [2.45, 2.75) is 0 Å². The normalized spacial score (nSPS) is 9.18. The zero-order chi connectivity index (χ0) is 8.27. The molecule has 0 radical (unpaired) electrons. The second-order valence-corrected chi connectivity index (χ2v) is 2.06. The summed E-state index contributed by atoms with van der Waals surface area (Å²) in [7, 11) is 0. The van der Waals surface area contributed by atoms with Crippen LogP contribution in [0.4, 0.5) is 4.39 Å². The Morgan fingerprint density at radius 2 is 2.18 bits per heavy atom. The zero-order valence-corrected chi connectivity index (χ0v) is 5.88. The lowest BCUT2D eigenvalue weighted by atomic mass is 10.1. The van der Waals surface area contributed by atoms with E-state index in [0.29, 0.717) is 11.8 Å². The minimum atomic E-state index is -0.412. The van der Waals surface area contributed by atoms with Crippen molar-refractivity contribution in [3.8, 4) is 0 Å². The molecule has 1 nitrogen and oxygen atoms in total. The van der Waals surface area contributed by atoms with Gasteiger partial charge in [-0.3, -0.25) is 4.79 Å². The van der Waals surface area contributed by atoms with Crippen molar-refractivity contribution >= 4 is 12.4 Å². The first-order valence-corrected chi connectivity index (χ1v) is 3.15. The molecule has 56 valence electrons. The number of aldehydes is 1. The van der Waals surface area contributed by atoms with Gasteiger partial charge in [0.25, 0.3) is 0 Å². The molecule has 0 bridgehead atoms. The quantitative estimate of drug-likeness (QED) is 0.591. The first-order valence-electron chi connectivity index (χ1n) is 3.15. The van der Waals surface area contributed by atoms with Crippen LogP contribution in [-0.4, -0.2) is 6.29 Å². The molecule has 0 N–H and O–H groups in total. The maximum atomic E-state index is 12.8. The van der Waals surface area contributed by atoms with Crippen molar-refractivity contribution in [2.24, 2.45) is 0 Å². The molecule has 0 spiro atoms. The van der Waals surface area contributed by atoms with E-state index in [1.54, 1.807) is 6.07 Å². The summed E-state index contributed by atoms with van der Waals surface area (Å²) in [5.74, 6) is -0.412. The van der Waals surface area contributed by atoms with Gasteiger partial charge in [-0.25, -0.2) is 4.39 Å². The lowest BCUT2D eigenvalue weighted by molar-refractivity contribution is 0.112. The molecule has 0 aliphatic carbocycles. The monoisotopic (exact) mass is 150 g/mol.